The van der Waals surface area contributed by atoms with Crippen LogP contribution in [0.3, 0.4) is 0 Å². The first-order chi connectivity index (χ1) is 56.1. The molecule has 118 heavy (non-hydrogen) atoms. The standard InChI is InChI=1S/2C22H16F3N3O4.2C20H19N3O4/c2*23-22(24,25)16-10-15(9-6-13(16)11-26)32-14-7-4-12(5-8-14)17-2-1-3-18(28-17)19(29)20(30)21(27)31;2*1-12-5-10-17(22-11-12)27-14-8-6-13(7-9-14)15-3-2-4-16(23-15)18(24)19(25)20(21)26/h2*1-10,19-20,29-30H,(H2,27,31);2*2-11,18-19,24-25H,1H3,(H2,21,26)/t2*19-,20+;2*18-,19+/m1010/s1. The molecule has 604 valence electrons. The number of amides is 4. The summed E-state index contributed by atoms with van der Waals surface area (Å²) in [7, 11) is 0. The molecule has 28 nitrogen and oxygen atoms in total. The van der Waals surface area contributed by atoms with Gasteiger partial charge in [0.25, 0.3) is 0 Å². The lowest BCUT2D eigenvalue weighted by Crippen LogP contribution is -2.34. The van der Waals surface area contributed by atoms with Gasteiger partial charge in [0, 0.05) is 46.8 Å². The van der Waals surface area contributed by atoms with E-state index >= 15 is 0 Å². The van der Waals surface area contributed by atoms with Crippen molar-refractivity contribution < 1.29 is 105 Å². The Hall–Kier alpha value is -14.5. The number of halogens is 6. The maximum absolute atomic E-state index is 13.1. The molecule has 6 aromatic heterocycles. The number of benzene rings is 6. The lowest BCUT2D eigenvalue weighted by Gasteiger charge is -2.15. The number of aliphatic hydroxyl groups is 8. The number of primary amides is 4. The molecule has 8 atom stereocenters. The summed E-state index contributed by atoms with van der Waals surface area (Å²) in [5, 5.41) is 96.3. The van der Waals surface area contributed by atoms with E-state index in [4.69, 9.17) is 52.4 Å². The summed E-state index contributed by atoms with van der Waals surface area (Å²) in [4.78, 5) is 69.6. The van der Waals surface area contributed by atoms with Crippen LogP contribution in [-0.2, 0) is 31.5 Å². The van der Waals surface area contributed by atoms with E-state index in [1.165, 1.54) is 72.8 Å². The fourth-order valence-corrected chi connectivity index (χ4v) is 10.5. The van der Waals surface area contributed by atoms with Gasteiger partial charge >= 0.3 is 12.4 Å². The fourth-order valence-electron chi connectivity index (χ4n) is 10.5. The molecular weight excluding hydrogens is 1550 g/mol. The summed E-state index contributed by atoms with van der Waals surface area (Å²) in [6.45, 7) is 3.90. The number of alkyl halides is 6. The van der Waals surface area contributed by atoms with Gasteiger partial charge in [0.2, 0.25) is 35.4 Å². The molecule has 0 bridgehead atoms. The first kappa shape index (κ1) is 87.5. The maximum atomic E-state index is 13.1. The number of hydrogen-bond acceptors (Lipinski definition) is 24. The summed E-state index contributed by atoms with van der Waals surface area (Å²) in [5.41, 5.74) is 24.0. The van der Waals surface area contributed by atoms with E-state index in [1.54, 1.807) is 122 Å². The molecule has 4 amide bonds. The van der Waals surface area contributed by atoms with E-state index in [1.807, 2.05) is 50.2 Å². The van der Waals surface area contributed by atoms with Gasteiger partial charge in [-0.2, -0.15) is 36.9 Å². The summed E-state index contributed by atoms with van der Waals surface area (Å²) >= 11 is 0. The van der Waals surface area contributed by atoms with E-state index in [0.29, 0.717) is 57.2 Å². The Morgan fingerprint density at radius 3 is 0.788 bits per heavy atom. The molecule has 6 heterocycles. The van der Waals surface area contributed by atoms with E-state index in [0.717, 1.165) is 46.5 Å². The second kappa shape index (κ2) is 39.5. The molecule has 16 N–H and O–H groups in total. The normalized spacial score (nSPS) is 13.1. The Morgan fingerprint density at radius 1 is 0.339 bits per heavy atom. The number of aliphatic hydroxyl groups excluding tert-OH is 8. The van der Waals surface area contributed by atoms with Gasteiger partial charge in [0.05, 0.1) is 79.9 Å². The van der Waals surface area contributed by atoms with Crippen molar-refractivity contribution in [2.24, 2.45) is 22.9 Å². The number of pyridine rings is 6. The third kappa shape index (κ3) is 23.8. The van der Waals surface area contributed by atoms with Gasteiger partial charge in [0.15, 0.2) is 24.4 Å². The number of ether oxygens (including phenoxy) is 4. The number of aryl methyl sites for hydroxylation is 2. The minimum Gasteiger partial charge on any atom is -0.457 e. The number of carbonyl (C=O) groups excluding carboxylic acids is 4. The van der Waals surface area contributed by atoms with Crippen molar-refractivity contribution in [2.75, 3.05) is 0 Å². The second-order valence-electron chi connectivity index (χ2n) is 25.4. The smallest absolute Gasteiger partial charge is 0.417 e. The van der Waals surface area contributed by atoms with Gasteiger partial charge in [-0.3, -0.25) is 19.2 Å². The monoisotopic (exact) mass is 1620 g/mol. The lowest BCUT2D eigenvalue weighted by molar-refractivity contribution is -0.138. The van der Waals surface area contributed by atoms with E-state index in [-0.39, 0.29) is 45.8 Å². The lowest BCUT2D eigenvalue weighted by atomic mass is 10.1. The molecule has 0 radical (unpaired) electrons. The van der Waals surface area contributed by atoms with Crippen LogP contribution in [0.4, 0.5) is 26.3 Å². The molecule has 12 aromatic rings. The highest BCUT2D eigenvalue weighted by atomic mass is 19.4. The Morgan fingerprint density at radius 2 is 0.576 bits per heavy atom. The Kier molecular flexibility index (Phi) is 29.3. The van der Waals surface area contributed by atoms with Crippen molar-refractivity contribution in [1.82, 2.24) is 29.9 Å². The van der Waals surface area contributed by atoms with Crippen molar-refractivity contribution in [1.29, 1.82) is 10.5 Å². The third-order valence-electron chi connectivity index (χ3n) is 16.8. The largest absolute Gasteiger partial charge is 0.457 e. The topological polar surface area (TPSA) is 496 Å². The molecule has 0 aliphatic rings. The van der Waals surface area contributed by atoms with Crippen LogP contribution in [0.5, 0.6) is 46.3 Å². The Labute approximate surface area is 667 Å². The third-order valence-corrected chi connectivity index (χ3v) is 16.8. The molecule has 12 rings (SSSR count). The van der Waals surface area contributed by atoms with Gasteiger partial charge in [-0.1, -0.05) is 36.4 Å². The van der Waals surface area contributed by atoms with Gasteiger partial charge in [-0.15, -0.1) is 0 Å². The van der Waals surface area contributed by atoms with Crippen LogP contribution in [0.1, 0.15) is 80.6 Å². The average molecular weight is 1620 g/mol. The summed E-state index contributed by atoms with van der Waals surface area (Å²) in [6, 6.07) is 62.4. The molecule has 0 saturated heterocycles. The highest BCUT2D eigenvalue weighted by molar-refractivity contribution is 5.81. The van der Waals surface area contributed by atoms with Crippen LogP contribution >= 0.6 is 0 Å². The number of nitriles is 2. The molecule has 0 spiro atoms. The van der Waals surface area contributed by atoms with E-state index < -0.39 is 107 Å². The number of aromatic nitrogens is 6. The molecule has 34 heteroatoms. The molecule has 0 saturated carbocycles. The van der Waals surface area contributed by atoms with Crippen molar-refractivity contribution in [3.8, 4) is 103 Å². The molecule has 0 aliphatic heterocycles. The summed E-state index contributed by atoms with van der Waals surface area (Å²) in [5.74, 6) is -1.67. The minimum absolute atomic E-state index is 0.0337. The molecule has 0 unspecified atom stereocenters. The van der Waals surface area contributed by atoms with Crippen molar-refractivity contribution in [2.45, 2.75) is 75.0 Å². The summed E-state index contributed by atoms with van der Waals surface area (Å²) < 4.78 is 101. The molecular formula is C84H70F6N12O16. The zero-order valence-electron chi connectivity index (χ0n) is 61.7. The highest BCUT2D eigenvalue weighted by Crippen LogP contribution is 2.39. The van der Waals surface area contributed by atoms with Crippen LogP contribution in [0.15, 0.2) is 243 Å². The zero-order chi connectivity index (χ0) is 85.7. The van der Waals surface area contributed by atoms with Crippen LogP contribution in [0.25, 0.3) is 45.0 Å². The van der Waals surface area contributed by atoms with Gasteiger partial charge in [0.1, 0.15) is 58.9 Å². The van der Waals surface area contributed by atoms with Gasteiger partial charge in [-0.25, -0.2) is 29.9 Å². The SMILES string of the molecule is Cc1ccc(Oc2ccc(-c3cccc([C@@H](O)[C@H](O)C(N)=O)n3)cc2)nc1.Cc1ccc(Oc2ccc(-c3cccc([C@H](O)[C@@H](O)C(N)=O)n3)cc2)nc1.N#Cc1ccc(Oc2ccc(-c3cccc([C@@H](O)[C@H](O)C(N)=O)n3)cc2)cc1C(F)(F)F.N#Cc1ccc(Oc2ccc(-c3cccc([C@H](O)[C@@H](O)C(N)=O)n3)cc2)cc1C(F)(F)F. The number of carbonyl (C=O) groups is 4. The zero-order valence-corrected chi connectivity index (χ0v) is 61.7. The highest BCUT2D eigenvalue weighted by Gasteiger charge is 2.36. The number of hydrogen-bond donors (Lipinski definition) is 12. The summed E-state index contributed by atoms with van der Waals surface area (Å²) in [6.07, 6.45) is -19.2. The van der Waals surface area contributed by atoms with Crippen LogP contribution in [-0.4, -0.2) is 119 Å². The average Bonchev–Trinajstić information content (AvgIpc) is 0.852. The van der Waals surface area contributed by atoms with E-state index in [9.17, 15) is 86.4 Å². The number of rotatable bonds is 24. The predicted octanol–water partition coefficient (Wildman–Crippen LogP) is 10.9. The van der Waals surface area contributed by atoms with Crippen molar-refractivity contribution >= 4 is 23.6 Å². The predicted molar refractivity (Wildman–Crippen MR) is 410 cm³/mol. The number of nitrogens with two attached hydrogens (primary N) is 4. The minimum atomic E-state index is -4.70. The maximum Gasteiger partial charge on any atom is 0.417 e. The van der Waals surface area contributed by atoms with Crippen molar-refractivity contribution in [3.63, 3.8) is 0 Å². The van der Waals surface area contributed by atoms with Gasteiger partial charge in [-0.05, 0) is 207 Å². The first-order valence-corrected chi connectivity index (χ1v) is 34.8. The molecule has 0 fully saturated rings. The quantitative estimate of drug-likeness (QED) is 0.0250. The Bertz CT molecular complexity index is 5230. The fraction of sp³-hybridized carbons (Fsp3) is 0.143. The number of nitrogens with zero attached hydrogens (tertiary/aromatic N) is 8. The molecule has 0 aliphatic carbocycles. The van der Waals surface area contributed by atoms with Crippen LogP contribution in [0, 0.1) is 36.5 Å². The van der Waals surface area contributed by atoms with E-state index in [2.05, 4.69) is 29.9 Å². The molecule has 6 aromatic carbocycles. The second-order valence-corrected chi connectivity index (χ2v) is 25.4. The Balaban J connectivity index is 0.000000180. The van der Waals surface area contributed by atoms with Crippen LogP contribution in [0.2, 0.25) is 0 Å². The van der Waals surface area contributed by atoms with Crippen LogP contribution < -0.4 is 41.9 Å². The van der Waals surface area contributed by atoms with Gasteiger partial charge < -0.3 is 82.7 Å². The first-order valence-electron chi connectivity index (χ1n) is 34.8. The van der Waals surface area contributed by atoms with Crippen molar-refractivity contribution in [3.05, 3.63) is 299 Å².